The number of carbonyl (C=O) groups is 2. The van der Waals surface area contributed by atoms with Crippen LogP contribution in [0.15, 0.2) is 12.3 Å². The first-order valence-corrected chi connectivity index (χ1v) is 8.54. The van der Waals surface area contributed by atoms with Crippen LogP contribution in [0.5, 0.6) is 0 Å². The first-order valence-electron chi connectivity index (χ1n) is 7.56. The molecular formula is C15H17N5O2S. The molecule has 0 radical (unpaired) electrons. The zero-order valence-electron chi connectivity index (χ0n) is 12.9. The van der Waals surface area contributed by atoms with Crippen LogP contribution in [0.2, 0.25) is 0 Å². The summed E-state index contributed by atoms with van der Waals surface area (Å²) in [6.07, 6.45) is 2.92. The highest BCUT2D eigenvalue weighted by atomic mass is 32.2. The number of carbonyl (C=O) groups excluding carboxylic acids is 2. The molecule has 0 aromatic carbocycles. The third-order valence-electron chi connectivity index (χ3n) is 4.62. The van der Waals surface area contributed by atoms with Crippen LogP contribution in [-0.2, 0) is 9.59 Å². The van der Waals surface area contributed by atoms with Gasteiger partial charge in [-0.3, -0.25) is 14.7 Å². The topological polar surface area (TPSA) is 91.0 Å². The molecule has 4 rings (SSSR count). The summed E-state index contributed by atoms with van der Waals surface area (Å²) in [4.78, 5) is 30.5. The van der Waals surface area contributed by atoms with Gasteiger partial charge in [0.1, 0.15) is 6.04 Å². The van der Waals surface area contributed by atoms with E-state index in [4.69, 9.17) is 0 Å². The van der Waals surface area contributed by atoms with E-state index in [0.29, 0.717) is 23.5 Å². The summed E-state index contributed by atoms with van der Waals surface area (Å²) in [5.41, 5.74) is 2.15. The molecule has 7 nitrogen and oxygen atoms in total. The number of amides is 2. The molecule has 0 aliphatic carbocycles. The molecule has 2 aliphatic heterocycles. The van der Waals surface area contributed by atoms with Crippen molar-refractivity contribution in [3.05, 3.63) is 18.0 Å². The SMILES string of the molecule is Cc1[nH]nc2ncc(NC(=O)[C@@H]3CS[C@]4(C)CCC(=O)N34)cc12. The quantitative estimate of drug-likeness (QED) is 0.873. The van der Waals surface area contributed by atoms with Gasteiger partial charge < -0.3 is 10.2 Å². The normalized spacial score (nSPS) is 26.8. The van der Waals surface area contributed by atoms with E-state index in [-0.39, 0.29) is 16.7 Å². The van der Waals surface area contributed by atoms with Gasteiger partial charge in [-0.1, -0.05) is 0 Å². The molecule has 2 N–H and O–H groups in total. The van der Waals surface area contributed by atoms with Crippen LogP contribution in [0.3, 0.4) is 0 Å². The van der Waals surface area contributed by atoms with Gasteiger partial charge in [-0.25, -0.2) is 4.98 Å². The third-order valence-corrected chi connectivity index (χ3v) is 6.12. The van der Waals surface area contributed by atoms with Gasteiger partial charge in [-0.05, 0) is 26.3 Å². The van der Waals surface area contributed by atoms with Gasteiger partial charge in [0.05, 0.1) is 16.8 Å². The predicted octanol–water partition coefficient (Wildman–Crippen LogP) is 1.66. The number of thioether (sulfide) groups is 1. The maximum Gasteiger partial charge on any atom is 0.248 e. The maximum absolute atomic E-state index is 12.6. The highest BCUT2D eigenvalue weighted by Gasteiger charge is 2.52. The molecule has 0 spiro atoms. The van der Waals surface area contributed by atoms with Crippen molar-refractivity contribution in [2.75, 3.05) is 11.1 Å². The van der Waals surface area contributed by atoms with E-state index >= 15 is 0 Å². The first-order chi connectivity index (χ1) is 11.0. The molecule has 2 aromatic heterocycles. The van der Waals surface area contributed by atoms with E-state index in [1.54, 1.807) is 22.9 Å². The van der Waals surface area contributed by atoms with Crippen molar-refractivity contribution in [2.24, 2.45) is 0 Å². The predicted molar refractivity (Wildman–Crippen MR) is 88.0 cm³/mol. The lowest BCUT2D eigenvalue weighted by molar-refractivity contribution is -0.135. The number of pyridine rings is 1. The van der Waals surface area contributed by atoms with Gasteiger partial charge in [-0.15, -0.1) is 11.8 Å². The van der Waals surface area contributed by atoms with Crippen molar-refractivity contribution < 1.29 is 9.59 Å². The molecule has 4 heterocycles. The number of H-pyrrole nitrogens is 1. The standard InChI is InChI=1S/C15H17N5O2S/c1-8-10-5-9(6-16-13(10)19-18-8)17-14(22)11-7-23-15(2)4-3-12(21)20(11)15/h5-6,11H,3-4,7H2,1-2H3,(H,17,22)(H,16,18,19)/t11-,15+/m0/s1. The van der Waals surface area contributed by atoms with Crippen LogP contribution >= 0.6 is 11.8 Å². The fourth-order valence-corrected chi connectivity index (χ4v) is 4.76. The summed E-state index contributed by atoms with van der Waals surface area (Å²) in [5, 5.41) is 10.7. The maximum atomic E-state index is 12.6. The summed E-state index contributed by atoms with van der Waals surface area (Å²) in [6, 6.07) is 1.44. The molecule has 2 atom stereocenters. The van der Waals surface area contributed by atoms with Crippen LogP contribution in [0.4, 0.5) is 5.69 Å². The van der Waals surface area contributed by atoms with E-state index in [1.807, 2.05) is 19.9 Å². The Balaban J connectivity index is 1.57. The Morgan fingerprint density at radius 3 is 3.22 bits per heavy atom. The number of aryl methyl sites for hydroxylation is 1. The monoisotopic (exact) mass is 331 g/mol. The minimum absolute atomic E-state index is 0.0666. The van der Waals surface area contributed by atoms with Crippen molar-refractivity contribution >= 4 is 40.3 Å². The summed E-state index contributed by atoms with van der Waals surface area (Å²) < 4.78 is 0. The number of aromatic amines is 1. The minimum atomic E-state index is -0.416. The highest BCUT2D eigenvalue weighted by molar-refractivity contribution is 8.01. The smallest absolute Gasteiger partial charge is 0.248 e. The molecule has 23 heavy (non-hydrogen) atoms. The Hall–Kier alpha value is -2.09. The third kappa shape index (κ3) is 2.20. The Labute approximate surface area is 137 Å². The molecule has 2 aliphatic rings. The van der Waals surface area contributed by atoms with Gasteiger partial charge in [0.15, 0.2) is 5.65 Å². The Morgan fingerprint density at radius 2 is 2.39 bits per heavy atom. The molecule has 8 heteroatoms. The number of aromatic nitrogens is 3. The number of anilines is 1. The first kappa shape index (κ1) is 14.5. The van der Waals surface area contributed by atoms with Gasteiger partial charge in [-0.2, -0.15) is 5.10 Å². The van der Waals surface area contributed by atoms with Crippen LogP contribution in [0.1, 0.15) is 25.5 Å². The summed E-state index contributed by atoms with van der Waals surface area (Å²) >= 11 is 1.69. The van der Waals surface area contributed by atoms with Crippen molar-refractivity contribution in [1.29, 1.82) is 0 Å². The van der Waals surface area contributed by atoms with Crippen LogP contribution in [-0.4, -0.2) is 48.6 Å². The van der Waals surface area contributed by atoms with Crippen molar-refractivity contribution in [3.63, 3.8) is 0 Å². The van der Waals surface area contributed by atoms with Crippen molar-refractivity contribution in [3.8, 4) is 0 Å². The number of nitrogens with one attached hydrogen (secondary N) is 2. The minimum Gasteiger partial charge on any atom is -0.323 e. The lowest BCUT2D eigenvalue weighted by atomic mass is 10.2. The van der Waals surface area contributed by atoms with E-state index < -0.39 is 6.04 Å². The van der Waals surface area contributed by atoms with Crippen molar-refractivity contribution in [1.82, 2.24) is 20.1 Å². The Bertz CT molecular complexity index is 819. The molecule has 2 saturated heterocycles. The zero-order chi connectivity index (χ0) is 16.2. The second-order valence-corrected chi connectivity index (χ2v) is 7.70. The number of nitrogens with zero attached hydrogens (tertiary/aromatic N) is 3. The van der Waals surface area contributed by atoms with Gasteiger partial charge in [0, 0.05) is 23.3 Å². The van der Waals surface area contributed by atoms with E-state index in [0.717, 1.165) is 17.5 Å². The summed E-state index contributed by atoms with van der Waals surface area (Å²) in [5.74, 6) is 0.546. The summed E-state index contributed by atoms with van der Waals surface area (Å²) in [7, 11) is 0. The fraction of sp³-hybridized carbons (Fsp3) is 0.467. The largest absolute Gasteiger partial charge is 0.323 e. The Morgan fingerprint density at radius 1 is 1.57 bits per heavy atom. The molecule has 0 unspecified atom stereocenters. The van der Waals surface area contributed by atoms with Crippen LogP contribution in [0, 0.1) is 6.92 Å². The van der Waals surface area contributed by atoms with Gasteiger partial charge in [0.25, 0.3) is 0 Å². The number of hydrogen-bond donors (Lipinski definition) is 2. The molecule has 120 valence electrons. The van der Waals surface area contributed by atoms with Crippen molar-refractivity contribution in [2.45, 2.75) is 37.6 Å². The van der Waals surface area contributed by atoms with Gasteiger partial charge in [0.2, 0.25) is 11.8 Å². The Kier molecular flexibility index (Phi) is 3.12. The second kappa shape index (κ2) is 4.95. The van der Waals surface area contributed by atoms with Crippen LogP contribution < -0.4 is 5.32 Å². The summed E-state index contributed by atoms with van der Waals surface area (Å²) in [6.45, 7) is 3.95. The number of rotatable bonds is 2. The molecular weight excluding hydrogens is 314 g/mol. The highest BCUT2D eigenvalue weighted by Crippen LogP contribution is 2.47. The lowest BCUT2D eigenvalue weighted by Crippen LogP contribution is -2.48. The van der Waals surface area contributed by atoms with Crippen LogP contribution in [0.25, 0.3) is 11.0 Å². The molecule has 0 saturated carbocycles. The number of hydrogen-bond acceptors (Lipinski definition) is 5. The average Bonchev–Trinajstić information content (AvgIpc) is 3.14. The zero-order valence-corrected chi connectivity index (χ0v) is 13.7. The van der Waals surface area contributed by atoms with E-state index in [2.05, 4.69) is 20.5 Å². The van der Waals surface area contributed by atoms with Gasteiger partial charge >= 0.3 is 0 Å². The number of fused-ring (bicyclic) bond motifs is 2. The van der Waals surface area contributed by atoms with E-state index in [1.165, 1.54) is 0 Å². The molecule has 2 fully saturated rings. The fourth-order valence-electron chi connectivity index (χ4n) is 3.33. The average molecular weight is 331 g/mol. The molecule has 2 amide bonds. The van der Waals surface area contributed by atoms with E-state index in [9.17, 15) is 9.59 Å². The lowest BCUT2D eigenvalue weighted by Gasteiger charge is -2.29. The second-order valence-electron chi connectivity index (χ2n) is 6.20. The molecule has 2 aromatic rings. The molecule has 0 bridgehead atoms.